The highest BCUT2D eigenvalue weighted by Crippen LogP contribution is 2.36. The van der Waals surface area contributed by atoms with Crippen LogP contribution in [0.2, 0.25) is 0 Å². The van der Waals surface area contributed by atoms with Crippen LogP contribution in [0.15, 0.2) is 4.90 Å². The number of hydrogen-bond acceptors (Lipinski definition) is 4. The highest BCUT2D eigenvalue weighted by atomic mass is 32.2. The lowest BCUT2D eigenvalue weighted by Crippen LogP contribution is -2.66. The molecule has 0 atom stereocenters. The molecule has 0 radical (unpaired) electrons. The molecule has 6 nitrogen and oxygen atoms in total. The first-order valence-electron chi connectivity index (χ1n) is 7.52. The van der Waals surface area contributed by atoms with Crippen LogP contribution >= 0.6 is 0 Å². The first-order valence-corrected chi connectivity index (χ1v) is 9.00. The number of aliphatic hydroxyl groups is 1. The molecule has 128 valence electrons. The van der Waals surface area contributed by atoms with Gasteiger partial charge in [-0.05, 0) is 62.4 Å². The molecule has 0 unspecified atom stereocenters. The van der Waals surface area contributed by atoms with Gasteiger partial charge in [0.25, 0.3) is 0 Å². The van der Waals surface area contributed by atoms with Gasteiger partial charge in [0.1, 0.15) is 5.54 Å². The molecule has 1 fully saturated rings. The van der Waals surface area contributed by atoms with Gasteiger partial charge in [-0.3, -0.25) is 4.79 Å². The van der Waals surface area contributed by atoms with Crippen LogP contribution in [-0.4, -0.2) is 31.1 Å². The van der Waals surface area contributed by atoms with Crippen molar-refractivity contribution in [2.75, 3.05) is 0 Å². The summed E-state index contributed by atoms with van der Waals surface area (Å²) >= 11 is 0. The number of nitrogens with two attached hydrogens (primary N) is 1. The lowest BCUT2D eigenvalue weighted by Gasteiger charge is -2.42. The second kappa shape index (κ2) is 5.58. The maximum absolute atomic E-state index is 12.9. The van der Waals surface area contributed by atoms with Crippen molar-refractivity contribution in [1.82, 2.24) is 4.72 Å². The summed E-state index contributed by atoms with van der Waals surface area (Å²) in [5, 5.41) is 9.49. The van der Waals surface area contributed by atoms with Crippen LogP contribution in [0.4, 0.5) is 0 Å². The van der Waals surface area contributed by atoms with Gasteiger partial charge in [0, 0.05) is 12.8 Å². The van der Waals surface area contributed by atoms with Crippen LogP contribution in [0, 0.1) is 34.6 Å². The van der Waals surface area contributed by atoms with Crippen molar-refractivity contribution in [2.24, 2.45) is 5.73 Å². The van der Waals surface area contributed by atoms with Crippen LogP contribution in [0.5, 0.6) is 0 Å². The third kappa shape index (κ3) is 2.77. The molecule has 4 N–H and O–H groups in total. The van der Waals surface area contributed by atoms with Crippen molar-refractivity contribution in [3.8, 4) is 0 Å². The minimum Gasteiger partial charge on any atom is -0.393 e. The average Bonchev–Trinajstić information content (AvgIpc) is 2.40. The summed E-state index contributed by atoms with van der Waals surface area (Å²) in [6.45, 7) is 9.24. The first kappa shape index (κ1) is 17.9. The molecule has 2 rings (SSSR count). The molecule has 1 saturated carbocycles. The van der Waals surface area contributed by atoms with E-state index in [9.17, 15) is 18.3 Å². The topological polar surface area (TPSA) is 109 Å². The Morgan fingerprint density at radius 3 is 1.78 bits per heavy atom. The third-order valence-electron chi connectivity index (χ3n) is 5.17. The Bertz CT molecular complexity index is 749. The Hall–Kier alpha value is -1.44. The lowest BCUT2D eigenvalue weighted by atomic mass is 9.75. The van der Waals surface area contributed by atoms with Gasteiger partial charge in [0.2, 0.25) is 15.9 Å². The summed E-state index contributed by atoms with van der Waals surface area (Å²) in [5.74, 6) is -0.762. The van der Waals surface area contributed by atoms with Gasteiger partial charge in [0.15, 0.2) is 0 Å². The van der Waals surface area contributed by atoms with E-state index in [1.165, 1.54) is 0 Å². The van der Waals surface area contributed by atoms with E-state index in [0.717, 1.165) is 16.7 Å². The van der Waals surface area contributed by atoms with E-state index in [4.69, 9.17) is 5.73 Å². The quantitative estimate of drug-likeness (QED) is 0.756. The maximum Gasteiger partial charge on any atom is 0.242 e. The molecule has 0 saturated heterocycles. The largest absolute Gasteiger partial charge is 0.393 e. The van der Waals surface area contributed by atoms with Crippen LogP contribution in [-0.2, 0) is 14.8 Å². The minimum absolute atomic E-state index is 0.00346. The molecule has 0 aromatic heterocycles. The average molecular weight is 340 g/mol. The molecular weight excluding hydrogens is 316 g/mol. The summed E-state index contributed by atoms with van der Waals surface area (Å²) in [6.07, 6.45) is -0.707. The van der Waals surface area contributed by atoms with E-state index in [0.29, 0.717) is 11.1 Å². The highest BCUT2D eigenvalue weighted by Gasteiger charge is 2.51. The Morgan fingerprint density at radius 1 is 1.04 bits per heavy atom. The Balaban J connectivity index is 2.56. The summed E-state index contributed by atoms with van der Waals surface area (Å²) < 4.78 is 28.3. The molecule has 1 aliphatic carbocycles. The van der Waals surface area contributed by atoms with Crippen LogP contribution in [0.25, 0.3) is 0 Å². The second-order valence-corrected chi connectivity index (χ2v) is 8.19. The molecule has 1 aliphatic rings. The van der Waals surface area contributed by atoms with Gasteiger partial charge < -0.3 is 10.8 Å². The predicted octanol–water partition coefficient (Wildman–Crippen LogP) is 0.886. The Morgan fingerprint density at radius 2 is 1.43 bits per heavy atom. The van der Waals surface area contributed by atoms with E-state index < -0.39 is 27.6 Å². The van der Waals surface area contributed by atoms with Gasteiger partial charge in [-0.15, -0.1) is 0 Å². The number of rotatable bonds is 4. The molecule has 1 aromatic carbocycles. The van der Waals surface area contributed by atoms with Gasteiger partial charge in [-0.2, -0.15) is 4.72 Å². The lowest BCUT2D eigenvalue weighted by molar-refractivity contribution is -0.131. The zero-order valence-electron chi connectivity index (χ0n) is 14.1. The van der Waals surface area contributed by atoms with E-state index in [-0.39, 0.29) is 17.7 Å². The number of sulfonamides is 1. The number of nitrogens with one attached hydrogen (secondary N) is 1. The molecule has 1 amide bonds. The fraction of sp³-hybridized carbons (Fsp3) is 0.562. The number of benzene rings is 1. The number of primary amides is 1. The van der Waals surface area contributed by atoms with E-state index in [1.807, 2.05) is 20.8 Å². The van der Waals surface area contributed by atoms with Crippen molar-refractivity contribution in [2.45, 2.75) is 64.0 Å². The van der Waals surface area contributed by atoms with Crippen molar-refractivity contribution in [3.63, 3.8) is 0 Å². The zero-order valence-corrected chi connectivity index (χ0v) is 15.0. The van der Waals surface area contributed by atoms with Crippen LogP contribution < -0.4 is 10.5 Å². The van der Waals surface area contributed by atoms with Gasteiger partial charge in [-0.1, -0.05) is 0 Å². The number of aliphatic hydroxyl groups excluding tert-OH is 1. The molecule has 0 bridgehead atoms. The van der Waals surface area contributed by atoms with Gasteiger partial charge in [0.05, 0.1) is 11.0 Å². The summed E-state index contributed by atoms with van der Waals surface area (Å²) in [7, 11) is -3.93. The van der Waals surface area contributed by atoms with Crippen molar-refractivity contribution in [1.29, 1.82) is 0 Å². The predicted molar refractivity (Wildman–Crippen MR) is 87.6 cm³/mol. The van der Waals surface area contributed by atoms with Crippen LogP contribution in [0.3, 0.4) is 0 Å². The Labute approximate surface area is 137 Å². The van der Waals surface area contributed by atoms with Gasteiger partial charge >= 0.3 is 0 Å². The first-order chi connectivity index (χ1) is 10.4. The molecule has 0 heterocycles. The van der Waals surface area contributed by atoms with Crippen molar-refractivity contribution < 1.29 is 18.3 Å². The second-order valence-electron chi connectivity index (χ2n) is 6.57. The molecule has 23 heavy (non-hydrogen) atoms. The molecule has 1 aromatic rings. The van der Waals surface area contributed by atoms with E-state index >= 15 is 0 Å². The summed E-state index contributed by atoms with van der Waals surface area (Å²) in [5.41, 5.74) is 8.18. The maximum atomic E-state index is 12.9. The number of hydrogen-bond donors (Lipinski definition) is 3. The van der Waals surface area contributed by atoms with Crippen molar-refractivity contribution in [3.05, 3.63) is 27.8 Å². The van der Waals surface area contributed by atoms with Gasteiger partial charge in [-0.25, -0.2) is 8.42 Å². The van der Waals surface area contributed by atoms with Crippen molar-refractivity contribution >= 4 is 15.9 Å². The minimum atomic E-state index is -3.93. The van der Waals surface area contributed by atoms with Crippen LogP contribution in [0.1, 0.15) is 40.7 Å². The van der Waals surface area contributed by atoms with E-state index in [1.54, 1.807) is 13.8 Å². The fourth-order valence-electron chi connectivity index (χ4n) is 3.26. The molecule has 0 spiro atoms. The SMILES string of the molecule is Cc1c(C)c(C)c(S(=O)(=O)NC2(C(N)=O)CC(O)C2)c(C)c1C. The normalized spacial score (nSPS) is 24.3. The number of carbonyl (C=O) groups excluding carboxylic acids is 1. The monoisotopic (exact) mass is 340 g/mol. The molecule has 0 aliphatic heterocycles. The standard InChI is InChI=1S/C16H24N2O4S/c1-8-9(2)11(4)14(12(5)10(8)3)23(21,22)18-16(15(17)20)6-13(19)7-16/h13,18-19H,6-7H2,1-5H3,(H2,17,20). The highest BCUT2D eigenvalue weighted by molar-refractivity contribution is 7.89. The molecular formula is C16H24N2O4S. The third-order valence-corrected chi connectivity index (χ3v) is 6.98. The Kier molecular flexibility index (Phi) is 4.34. The van der Waals surface area contributed by atoms with E-state index in [2.05, 4.69) is 4.72 Å². The summed E-state index contributed by atoms with van der Waals surface area (Å²) in [6, 6.07) is 0. The number of carbonyl (C=O) groups is 1. The summed E-state index contributed by atoms with van der Waals surface area (Å²) in [4.78, 5) is 11.9. The smallest absolute Gasteiger partial charge is 0.242 e. The molecule has 7 heteroatoms. The fourth-order valence-corrected chi connectivity index (χ4v) is 5.25. The number of amides is 1. The zero-order chi connectivity index (χ0) is 17.7.